The second-order valence-electron chi connectivity index (χ2n) is 3.06. The van der Waals surface area contributed by atoms with Crippen LogP contribution in [-0.4, -0.2) is 17.7 Å². The van der Waals surface area contributed by atoms with Gasteiger partial charge in [-0.05, 0) is 20.8 Å². The van der Waals surface area contributed by atoms with E-state index in [9.17, 15) is 14.4 Å². The molecule has 0 N–H and O–H groups in total. The first-order valence-corrected chi connectivity index (χ1v) is 3.52. The van der Waals surface area contributed by atoms with Gasteiger partial charge in [0.15, 0.2) is 0 Å². The number of carbonyl (C=O) groups excluding carboxylic acids is 3. The van der Waals surface area contributed by atoms with E-state index in [0.29, 0.717) is 0 Å². The van der Waals surface area contributed by atoms with Crippen LogP contribution in [0.4, 0.5) is 0 Å². The minimum Gasteiger partial charge on any atom is -0.393 e. The molecule has 0 aromatic rings. The molecule has 0 aromatic heterocycles. The molecule has 0 amide bonds. The first kappa shape index (κ1) is 15.0. The zero-order chi connectivity index (χ0) is 9.94. The molecule has 13 heavy (non-hydrogen) atoms. The van der Waals surface area contributed by atoms with E-state index in [0.717, 1.165) is 6.92 Å². The van der Waals surface area contributed by atoms with Crippen molar-refractivity contribution in [2.75, 3.05) is 0 Å². The van der Waals surface area contributed by atoms with E-state index >= 15 is 0 Å². The third-order valence-electron chi connectivity index (χ3n) is 1.63. The summed E-state index contributed by atoms with van der Waals surface area (Å²) in [5, 5.41) is 0. The molecule has 0 fully saturated rings. The molecule has 0 saturated carbocycles. The van der Waals surface area contributed by atoms with Crippen LogP contribution in [0.25, 0.3) is 0 Å². The number of hydrogen-bond donors (Lipinski definition) is 0. The largest absolute Gasteiger partial charge is 0.393 e. The van der Waals surface area contributed by atoms with Gasteiger partial charge >= 0.3 is 11.9 Å². The molecule has 0 unspecified atom stereocenters. The van der Waals surface area contributed by atoms with Gasteiger partial charge in [-0.1, -0.05) is 0 Å². The summed E-state index contributed by atoms with van der Waals surface area (Å²) < 4.78 is 4.28. The van der Waals surface area contributed by atoms with E-state index in [4.69, 9.17) is 0 Å². The quantitative estimate of drug-likeness (QED) is 0.424. The number of Topliss-reactive ketones (excluding diaryl/α,β-unsaturated/α-hetero) is 1. The topological polar surface area (TPSA) is 60.4 Å². The average Bonchev–Trinajstić information content (AvgIpc) is 1.85. The Bertz CT molecular complexity index is 232. The maximum atomic E-state index is 11.1. The Morgan fingerprint density at radius 1 is 1.08 bits per heavy atom. The molecule has 0 aliphatic heterocycles. The molecule has 0 rings (SSSR count). The van der Waals surface area contributed by atoms with E-state index in [1.165, 1.54) is 20.8 Å². The molecule has 4 nitrogen and oxygen atoms in total. The summed E-state index contributed by atoms with van der Waals surface area (Å²) in [6.45, 7) is 5.23. The zero-order valence-corrected chi connectivity index (χ0v) is 9.42. The van der Waals surface area contributed by atoms with Crippen molar-refractivity contribution in [3.63, 3.8) is 0 Å². The van der Waals surface area contributed by atoms with Gasteiger partial charge in [-0.2, -0.15) is 0 Å². The van der Waals surface area contributed by atoms with Gasteiger partial charge in [0.25, 0.3) is 0 Å². The Labute approximate surface area is 92.5 Å². The minimum absolute atomic E-state index is 0. The molecular weight excluding hydrogens is 268 g/mol. The van der Waals surface area contributed by atoms with Crippen LogP contribution in [0.3, 0.4) is 0 Å². The summed E-state index contributed by atoms with van der Waals surface area (Å²) >= 11 is 0. The van der Waals surface area contributed by atoms with Crippen molar-refractivity contribution in [2.24, 2.45) is 5.41 Å². The van der Waals surface area contributed by atoms with Gasteiger partial charge in [0.2, 0.25) is 0 Å². The van der Waals surface area contributed by atoms with Crippen LogP contribution in [-0.2, 0) is 41.5 Å². The van der Waals surface area contributed by atoms with Gasteiger partial charge in [-0.3, -0.25) is 14.4 Å². The first-order valence-electron chi connectivity index (χ1n) is 3.52. The second-order valence-corrected chi connectivity index (χ2v) is 3.06. The Morgan fingerprint density at radius 2 is 1.46 bits per heavy atom. The minimum atomic E-state index is -1.23. The van der Waals surface area contributed by atoms with Crippen LogP contribution in [0.1, 0.15) is 27.7 Å². The monoisotopic (exact) mass is 279 g/mol. The Hall–Kier alpha value is -0.450. The van der Waals surface area contributed by atoms with Gasteiger partial charge < -0.3 is 4.74 Å². The molecule has 0 atom stereocenters. The van der Waals surface area contributed by atoms with Gasteiger partial charge in [-0.15, -0.1) is 0 Å². The number of hydrogen-bond acceptors (Lipinski definition) is 4. The Balaban J connectivity index is 0. The Morgan fingerprint density at radius 3 is 1.69 bits per heavy atom. The summed E-state index contributed by atoms with van der Waals surface area (Å²) in [7, 11) is 0. The Kier molecular flexibility index (Phi) is 6.15. The molecule has 0 saturated heterocycles. The van der Waals surface area contributed by atoms with Crippen LogP contribution in [0.2, 0.25) is 0 Å². The van der Waals surface area contributed by atoms with Crippen molar-refractivity contribution >= 4 is 17.7 Å². The number of ether oxygens (including phenoxy) is 1. The van der Waals surface area contributed by atoms with Gasteiger partial charge in [0.05, 0.1) is 0 Å². The second kappa shape index (κ2) is 5.32. The molecular formula is C8H12AgO4. The van der Waals surface area contributed by atoms with Crippen molar-refractivity contribution in [3.05, 3.63) is 0 Å². The van der Waals surface area contributed by atoms with Crippen molar-refractivity contribution in [1.29, 1.82) is 0 Å². The standard InChI is InChI=1S/C8H12O4.Ag/c1-5(9)8(3,4)7(11)12-6(2)10;/h1-4H3;. The normalized spacial score (nSPS) is 9.85. The van der Waals surface area contributed by atoms with E-state index in [2.05, 4.69) is 4.74 Å². The number of esters is 2. The molecule has 0 bridgehead atoms. The van der Waals surface area contributed by atoms with E-state index in [-0.39, 0.29) is 28.2 Å². The molecule has 0 heterocycles. The molecule has 79 valence electrons. The molecule has 0 spiro atoms. The molecule has 0 aliphatic rings. The first-order chi connectivity index (χ1) is 5.28. The fourth-order valence-electron chi connectivity index (χ4n) is 0.402. The van der Waals surface area contributed by atoms with Crippen LogP contribution < -0.4 is 0 Å². The van der Waals surface area contributed by atoms with Crippen molar-refractivity contribution in [2.45, 2.75) is 27.7 Å². The van der Waals surface area contributed by atoms with Gasteiger partial charge in [0.1, 0.15) is 11.2 Å². The number of ketones is 1. The average molecular weight is 280 g/mol. The predicted octanol–water partition coefficient (Wildman–Crippen LogP) is 0.689. The predicted molar refractivity (Wildman–Crippen MR) is 41.2 cm³/mol. The van der Waals surface area contributed by atoms with E-state index in [1.54, 1.807) is 0 Å². The van der Waals surface area contributed by atoms with E-state index in [1.807, 2.05) is 0 Å². The number of carbonyl (C=O) groups is 3. The summed E-state index contributed by atoms with van der Waals surface area (Å²) in [6.07, 6.45) is 0. The fraction of sp³-hybridized carbons (Fsp3) is 0.625. The van der Waals surface area contributed by atoms with E-state index < -0.39 is 17.4 Å². The molecule has 0 aromatic carbocycles. The van der Waals surface area contributed by atoms with Crippen LogP contribution >= 0.6 is 0 Å². The summed E-state index contributed by atoms with van der Waals surface area (Å²) in [5.41, 5.74) is -1.23. The maximum absolute atomic E-state index is 11.1. The third-order valence-corrected chi connectivity index (χ3v) is 1.63. The van der Waals surface area contributed by atoms with Crippen LogP contribution in [0, 0.1) is 5.41 Å². The van der Waals surface area contributed by atoms with Crippen LogP contribution in [0.15, 0.2) is 0 Å². The maximum Gasteiger partial charge on any atom is 0.326 e. The van der Waals surface area contributed by atoms with Crippen molar-refractivity contribution in [3.8, 4) is 0 Å². The summed E-state index contributed by atoms with van der Waals surface area (Å²) in [4.78, 5) is 32.3. The third kappa shape index (κ3) is 4.36. The summed E-state index contributed by atoms with van der Waals surface area (Å²) in [6, 6.07) is 0. The van der Waals surface area contributed by atoms with Gasteiger partial charge in [0, 0.05) is 29.3 Å². The number of rotatable bonds is 2. The SMILES string of the molecule is CC(=O)OC(=O)C(C)(C)C(C)=O.[Ag]. The summed E-state index contributed by atoms with van der Waals surface area (Å²) in [5.74, 6) is -1.83. The molecule has 1 radical (unpaired) electrons. The van der Waals surface area contributed by atoms with Crippen LogP contribution in [0.5, 0.6) is 0 Å². The molecule has 5 heteroatoms. The van der Waals surface area contributed by atoms with Crippen molar-refractivity contribution < 1.29 is 41.5 Å². The van der Waals surface area contributed by atoms with Gasteiger partial charge in [-0.25, -0.2) is 0 Å². The zero-order valence-electron chi connectivity index (χ0n) is 7.93. The van der Waals surface area contributed by atoms with Crippen molar-refractivity contribution in [1.82, 2.24) is 0 Å². The molecule has 0 aliphatic carbocycles. The smallest absolute Gasteiger partial charge is 0.326 e. The fourth-order valence-corrected chi connectivity index (χ4v) is 0.402.